The molecule has 0 spiro atoms. The largest absolute Gasteiger partial charge is 0.359 e. The molecule has 2 N–H and O–H groups in total. The van der Waals surface area contributed by atoms with Crippen LogP contribution in [0.25, 0.3) is 11.3 Å². The normalized spacial score (nSPS) is 15.6. The van der Waals surface area contributed by atoms with E-state index in [4.69, 9.17) is 9.51 Å². The lowest BCUT2D eigenvalue weighted by Crippen LogP contribution is -2.24. The van der Waals surface area contributed by atoms with Crippen molar-refractivity contribution in [2.75, 3.05) is 16.8 Å². The standard InChI is InChI=1S/C19H17FN8OS/c20-11-6-21-18(22-7-11)25-19-24-16-13-8-23-26-17(13)28(4-3-15(16)30-19)9-12-5-14(27-29-12)10-1-2-10/h5-8,10H,1-4,9H2,(H,23,26)(H,21,22,24,25). The highest BCUT2D eigenvalue weighted by atomic mass is 32.1. The summed E-state index contributed by atoms with van der Waals surface area (Å²) in [6.45, 7) is 1.41. The van der Waals surface area contributed by atoms with Crippen molar-refractivity contribution >= 4 is 28.2 Å². The van der Waals surface area contributed by atoms with Crippen molar-refractivity contribution in [3.8, 4) is 11.3 Å². The molecule has 0 bridgehead atoms. The van der Waals surface area contributed by atoms with E-state index >= 15 is 0 Å². The Labute approximate surface area is 174 Å². The quantitative estimate of drug-likeness (QED) is 0.500. The summed E-state index contributed by atoms with van der Waals surface area (Å²) < 4.78 is 18.6. The first-order valence-electron chi connectivity index (χ1n) is 9.71. The molecule has 0 unspecified atom stereocenters. The molecule has 1 saturated carbocycles. The maximum absolute atomic E-state index is 13.0. The molecule has 0 saturated heterocycles. The van der Waals surface area contributed by atoms with Gasteiger partial charge in [0.05, 0.1) is 42.1 Å². The van der Waals surface area contributed by atoms with Gasteiger partial charge in [-0.2, -0.15) is 5.10 Å². The van der Waals surface area contributed by atoms with Gasteiger partial charge in [-0.15, -0.1) is 11.3 Å². The number of hydrogen-bond acceptors (Lipinski definition) is 9. The van der Waals surface area contributed by atoms with Crippen molar-refractivity contribution in [3.63, 3.8) is 0 Å². The monoisotopic (exact) mass is 424 g/mol. The molecule has 152 valence electrons. The molecule has 5 heterocycles. The van der Waals surface area contributed by atoms with Gasteiger partial charge >= 0.3 is 0 Å². The summed E-state index contributed by atoms with van der Waals surface area (Å²) >= 11 is 1.54. The highest BCUT2D eigenvalue weighted by Gasteiger charge is 2.29. The third-order valence-corrected chi connectivity index (χ3v) is 6.29. The first-order chi connectivity index (χ1) is 14.7. The van der Waals surface area contributed by atoms with Crippen LogP contribution in [0, 0.1) is 5.82 Å². The van der Waals surface area contributed by atoms with E-state index in [9.17, 15) is 4.39 Å². The zero-order valence-electron chi connectivity index (χ0n) is 15.8. The predicted octanol–water partition coefficient (Wildman–Crippen LogP) is 3.63. The summed E-state index contributed by atoms with van der Waals surface area (Å²) in [7, 11) is 0. The van der Waals surface area contributed by atoms with Gasteiger partial charge in [-0.3, -0.25) is 5.10 Å². The first-order valence-corrected chi connectivity index (χ1v) is 10.5. The fourth-order valence-corrected chi connectivity index (χ4v) is 4.58. The number of nitrogens with zero attached hydrogens (tertiary/aromatic N) is 6. The van der Waals surface area contributed by atoms with Crippen molar-refractivity contribution in [2.45, 2.75) is 31.7 Å². The second-order valence-corrected chi connectivity index (χ2v) is 8.52. The number of H-pyrrole nitrogens is 1. The van der Waals surface area contributed by atoms with Crippen molar-refractivity contribution < 1.29 is 8.91 Å². The van der Waals surface area contributed by atoms with Crippen LogP contribution in [0.15, 0.2) is 29.2 Å². The van der Waals surface area contributed by atoms with Crippen LogP contribution >= 0.6 is 11.3 Å². The number of nitrogens with one attached hydrogen (secondary N) is 2. The van der Waals surface area contributed by atoms with Crippen LogP contribution in [-0.2, 0) is 13.0 Å². The van der Waals surface area contributed by atoms with E-state index in [2.05, 4.69) is 41.6 Å². The van der Waals surface area contributed by atoms with Crippen LogP contribution < -0.4 is 10.2 Å². The Balaban J connectivity index is 1.26. The smallest absolute Gasteiger partial charge is 0.229 e. The van der Waals surface area contributed by atoms with Gasteiger partial charge in [-0.1, -0.05) is 5.16 Å². The first kappa shape index (κ1) is 17.5. The lowest BCUT2D eigenvalue weighted by atomic mass is 10.2. The number of aromatic amines is 1. The summed E-state index contributed by atoms with van der Waals surface area (Å²) in [5, 5.41) is 15.3. The molecular formula is C19H17FN8OS. The average Bonchev–Trinajstić information content (AvgIpc) is 3.16. The fraction of sp³-hybridized carbons (Fsp3) is 0.316. The second-order valence-electron chi connectivity index (χ2n) is 7.44. The summed E-state index contributed by atoms with van der Waals surface area (Å²) in [5.74, 6) is 2.17. The molecule has 0 aromatic carbocycles. The van der Waals surface area contributed by atoms with Crippen molar-refractivity contribution in [1.29, 1.82) is 0 Å². The van der Waals surface area contributed by atoms with Crippen LogP contribution in [0.3, 0.4) is 0 Å². The Morgan fingerprint density at radius 1 is 1.27 bits per heavy atom. The average molecular weight is 424 g/mol. The van der Waals surface area contributed by atoms with Crippen LogP contribution in [0.2, 0.25) is 0 Å². The van der Waals surface area contributed by atoms with Gasteiger partial charge in [0.25, 0.3) is 0 Å². The third-order valence-electron chi connectivity index (χ3n) is 5.26. The maximum atomic E-state index is 13.0. The zero-order chi connectivity index (χ0) is 20.1. The van der Waals surface area contributed by atoms with Gasteiger partial charge in [0.2, 0.25) is 5.95 Å². The van der Waals surface area contributed by atoms with Gasteiger partial charge in [0.15, 0.2) is 16.7 Å². The highest BCUT2D eigenvalue weighted by molar-refractivity contribution is 7.16. The number of hydrogen-bond donors (Lipinski definition) is 2. The Bertz CT molecular complexity index is 1200. The van der Waals surface area contributed by atoms with E-state index in [1.807, 2.05) is 0 Å². The van der Waals surface area contributed by atoms with E-state index < -0.39 is 5.82 Å². The molecule has 6 rings (SSSR count). The van der Waals surface area contributed by atoms with Crippen LogP contribution in [0.4, 0.5) is 21.3 Å². The number of halogens is 1. The van der Waals surface area contributed by atoms with Gasteiger partial charge in [-0.05, 0) is 12.8 Å². The lowest BCUT2D eigenvalue weighted by Gasteiger charge is -2.20. The lowest BCUT2D eigenvalue weighted by molar-refractivity contribution is 0.375. The Morgan fingerprint density at radius 3 is 2.97 bits per heavy atom. The minimum Gasteiger partial charge on any atom is -0.359 e. The molecule has 1 aliphatic heterocycles. The molecule has 4 aromatic rings. The highest BCUT2D eigenvalue weighted by Crippen LogP contribution is 2.41. The molecular weight excluding hydrogens is 407 g/mol. The van der Waals surface area contributed by atoms with E-state index in [1.54, 1.807) is 6.20 Å². The predicted molar refractivity (Wildman–Crippen MR) is 108 cm³/mol. The Hall–Kier alpha value is -3.34. The third kappa shape index (κ3) is 3.20. The van der Waals surface area contributed by atoms with Crippen LogP contribution in [-0.4, -0.2) is 36.9 Å². The molecule has 0 atom stereocenters. The van der Waals surface area contributed by atoms with E-state index in [0.717, 1.165) is 58.8 Å². The minimum absolute atomic E-state index is 0.311. The van der Waals surface area contributed by atoms with Gasteiger partial charge in [0.1, 0.15) is 5.82 Å². The molecule has 1 fully saturated rings. The van der Waals surface area contributed by atoms with Gasteiger partial charge < -0.3 is 14.7 Å². The summed E-state index contributed by atoms with van der Waals surface area (Å²) in [6.07, 6.45) is 7.26. The molecule has 1 aliphatic carbocycles. The van der Waals surface area contributed by atoms with Crippen LogP contribution in [0.5, 0.6) is 0 Å². The molecule has 0 radical (unpaired) electrons. The van der Waals surface area contributed by atoms with E-state index in [-0.39, 0.29) is 0 Å². The number of thiazole rings is 1. The number of rotatable bonds is 5. The number of aromatic nitrogens is 6. The van der Waals surface area contributed by atoms with Crippen molar-refractivity contribution in [1.82, 2.24) is 30.3 Å². The van der Waals surface area contributed by atoms with Gasteiger partial charge in [0, 0.05) is 29.8 Å². The number of anilines is 3. The molecule has 30 heavy (non-hydrogen) atoms. The maximum Gasteiger partial charge on any atom is 0.229 e. The Morgan fingerprint density at radius 2 is 2.13 bits per heavy atom. The minimum atomic E-state index is -0.477. The summed E-state index contributed by atoms with van der Waals surface area (Å²) in [5.41, 5.74) is 2.88. The fourth-order valence-electron chi connectivity index (χ4n) is 3.62. The van der Waals surface area contributed by atoms with Crippen molar-refractivity contribution in [2.24, 2.45) is 0 Å². The summed E-state index contributed by atoms with van der Waals surface area (Å²) in [6, 6.07) is 2.07. The molecule has 2 aliphatic rings. The SMILES string of the molecule is Fc1cnc(Nc2nc3c(s2)CCN(Cc2cc(C4CC4)no2)c2[nH]ncc2-3)nc1. The van der Waals surface area contributed by atoms with Gasteiger partial charge in [-0.25, -0.2) is 19.3 Å². The molecule has 4 aromatic heterocycles. The van der Waals surface area contributed by atoms with E-state index in [0.29, 0.717) is 23.5 Å². The number of fused-ring (bicyclic) bond motifs is 3. The second kappa shape index (κ2) is 6.87. The zero-order valence-corrected chi connectivity index (χ0v) is 16.6. The molecule has 9 nitrogen and oxygen atoms in total. The molecule has 11 heteroatoms. The van der Waals surface area contributed by atoms with Crippen LogP contribution in [0.1, 0.15) is 35.1 Å². The van der Waals surface area contributed by atoms with Crippen molar-refractivity contribution in [3.05, 3.63) is 46.8 Å². The topological polar surface area (TPSA) is 109 Å². The summed E-state index contributed by atoms with van der Waals surface area (Å²) in [4.78, 5) is 16.0. The van der Waals surface area contributed by atoms with E-state index in [1.165, 1.54) is 24.2 Å². The Kier molecular flexibility index (Phi) is 4.01. The molecule has 0 amide bonds.